The number of carbonyl (C=O) groups is 3. The van der Waals surface area contributed by atoms with Gasteiger partial charge in [0.15, 0.2) is 5.78 Å². The van der Waals surface area contributed by atoms with Crippen molar-refractivity contribution in [1.82, 2.24) is 10.6 Å². The molecule has 0 bridgehead atoms. The van der Waals surface area contributed by atoms with Gasteiger partial charge in [-0.1, -0.05) is 26.2 Å². The van der Waals surface area contributed by atoms with Crippen molar-refractivity contribution in [3.63, 3.8) is 0 Å². The lowest BCUT2D eigenvalue weighted by molar-refractivity contribution is -0.135. The number of hydrogen-bond donors (Lipinski definition) is 5. The van der Waals surface area contributed by atoms with Crippen molar-refractivity contribution in [3.05, 3.63) is 0 Å². The maximum atomic E-state index is 12.7. The number of aliphatic hydroxyl groups excluding tert-OH is 1. The molecule has 0 aromatic carbocycles. The number of rotatable bonds is 10. The standard InChI is InChI=1S/C18H34N4O4/c1-3-15(24)14(10-20)21-18(26)16(11(2)23)22-17(25)13(9-19)12-7-5-4-6-8-12/h11-14,16,23H,3-10,19-20H2,1-2H3,(H,21,26)(H,22,25)/t11-,13?,14-,16-/m0/s1. The number of ketones is 1. The minimum Gasteiger partial charge on any atom is -0.391 e. The lowest BCUT2D eigenvalue weighted by Gasteiger charge is -2.31. The smallest absolute Gasteiger partial charge is 0.245 e. The zero-order valence-electron chi connectivity index (χ0n) is 15.9. The van der Waals surface area contributed by atoms with Gasteiger partial charge in [-0.25, -0.2) is 0 Å². The van der Waals surface area contributed by atoms with Gasteiger partial charge in [-0.15, -0.1) is 0 Å². The number of nitrogens with two attached hydrogens (primary N) is 2. The van der Waals surface area contributed by atoms with Gasteiger partial charge in [-0.05, 0) is 25.7 Å². The van der Waals surface area contributed by atoms with Gasteiger partial charge in [0.2, 0.25) is 11.8 Å². The van der Waals surface area contributed by atoms with E-state index in [1.807, 2.05) is 0 Å². The molecule has 8 heteroatoms. The molecule has 0 aromatic heterocycles. The van der Waals surface area contributed by atoms with Crippen LogP contribution in [0, 0.1) is 11.8 Å². The zero-order chi connectivity index (χ0) is 19.7. The van der Waals surface area contributed by atoms with Crippen molar-refractivity contribution in [2.45, 2.75) is 70.6 Å². The fourth-order valence-electron chi connectivity index (χ4n) is 3.49. The molecule has 150 valence electrons. The molecule has 8 nitrogen and oxygen atoms in total. The third-order valence-electron chi connectivity index (χ3n) is 5.16. The van der Waals surface area contributed by atoms with Gasteiger partial charge in [-0.2, -0.15) is 0 Å². The largest absolute Gasteiger partial charge is 0.391 e. The van der Waals surface area contributed by atoms with Crippen LogP contribution >= 0.6 is 0 Å². The number of carbonyl (C=O) groups excluding carboxylic acids is 3. The summed E-state index contributed by atoms with van der Waals surface area (Å²) in [6.45, 7) is 3.26. The molecule has 1 fully saturated rings. The van der Waals surface area contributed by atoms with Gasteiger partial charge in [0, 0.05) is 19.5 Å². The molecule has 0 heterocycles. The number of hydrogen-bond acceptors (Lipinski definition) is 6. The molecule has 0 aromatic rings. The Balaban J connectivity index is 2.77. The summed E-state index contributed by atoms with van der Waals surface area (Å²) < 4.78 is 0. The molecule has 2 amide bonds. The summed E-state index contributed by atoms with van der Waals surface area (Å²) in [5.41, 5.74) is 11.3. The van der Waals surface area contributed by atoms with Crippen LogP contribution in [0.2, 0.25) is 0 Å². The van der Waals surface area contributed by atoms with Crippen LogP contribution in [-0.4, -0.2) is 54.0 Å². The van der Waals surface area contributed by atoms with Gasteiger partial charge in [0.25, 0.3) is 0 Å². The summed E-state index contributed by atoms with van der Waals surface area (Å²) in [4.78, 5) is 36.9. The van der Waals surface area contributed by atoms with Crippen molar-refractivity contribution in [1.29, 1.82) is 0 Å². The third kappa shape index (κ3) is 6.34. The Hall–Kier alpha value is -1.51. The Morgan fingerprint density at radius 3 is 2.12 bits per heavy atom. The summed E-state index contributed by atoms with van der Waals surface area (Å²) in [6.07, 6.45) is 4.34. The SMILES string of the molecule is CCC(=O)[C@H](CN)NC(=O)[C@@H](NC(=O)C(CN)C1CCCCC1)[C@H](C)O. The van der Waals surface area contributed by atoms with E-state index in [0.29, 0.717) is 0 Å². The molecule has 7 N–H and O–H groups in total. The van der Waals surface area contributed by atoms with Crippen molar-refractivity contribution < 1.29 is 19.5 Å². The second kappa shape index (κ2) is 11.3. The quantitative estimate of drug-likeness (QED) is 0.348. The monoisotopic (exact) mass is 370 g/mol. The maximum absolute atomic E-state index is 12.7. The fourth-order valence-corrected chi connectivity index (χ4v) is 3.49. The van der Waals surface area contributed by atoms with Gasteiger partial charge in [0.1, 0.15) is 6.04 Å². The van der Waals surface area contributed by atoms with E-state index in [0.717, 1.165) is 25.7 Å². The predicted molar refractivity (Wildman–Crippen MR) is 99.0 cm³/mol. The van der Waals surface area contributed by atoms with Crippen LogP contribution in [-0.2, 0) is 14.4 Å². The van der Waals surface area contributed by atoms with E-state index in [9.17, 15) is 19.5 Å². The molecular weight excluding hydrogens is 336 g/mol. The molecule has 4 atom stereocenters. The first-order valence-corrected chi connectivity index (χ1v) is 9.57. The Bertz CT molecular complexity index is 478. The molecule has 0 spiro atoms. The van der Waals surface area contributed by atoms with Crippen LogP contribution in [0.4, 0.5) is 0 Å². The van der Waals surface area contributed by atoms with Crippen molar-refractivity contribution in [3.8, 4) is 0 Å². The van der Waals surface area contributed by atoms with Crippen molar-refractivity contribution >= 4 is 17.6 Å². The van der Waals surface area contributed by atoms with Crippen LogP contribution in [0.3, 0.4) is 0 Å². The highest BCUT2D eigenvalue weighted by atomic mass is 16.3. The van der Waals surface area contributed by atoms with Gasteiger partial charge in [0.05, 0.1) is 18.1 Å². The molecule has 1 aliphatic carbocycles. The first-order valence-electron chi connectivity index (χ1n) is 9.57. The van der Waals surface area contributed by atoms with Crippen LogP contribution in [0.5, 0.6) is 0 Å². The van der Waals surface area contributed by atoms with Crippen LogP contribution in [0.1, 0.15) is 52.4 Å². The van der Waals surface area contributed by atoms with Gasteiger partial charge < -0.3 is 27.2 Å². The minimum absolute atomic E-state index is 0.0353. The van der Waals surface area contributed by atoms with Crippen LogP contribution < -0.4 is 22.1 Å². The molecule has 0 saturated heterocycles. The summed E-state index contributed by atoms with van der Waals surface area (Å²) >= 11 is 0. The molecule has 26 heavy (non-hydrogen) atoms. The molecule has 1 saturated carbocycles. The van der Waals surface area contributed by atoms with E-state index < -0.39 is 24.1 Å². The number of Topliss-reactive ketones (excluding diaryl/α,β-unsaturated/α-hetero) is 1. The average Bonchev–Trinajstić information content (AvgIpc) is 2.64. The Labute approximate surface area is 155 Å². The number of nitrogens with one attached hydrogen (secondary N) is 2. The number of amides is 2. The summed E-state index contributed by atoms with van der Waals surface area (Å²) in [6, 6.07) is -1.98. The normalized spacial score (nSPS) is 19.9. The van der Waals surface area contributed by atoms with Crippen LogP contribution in [0.25, 0.3) is 0 Å². The highest BCUT2D eigenvalue weighted by Gasteiger charge is 2.33. The molecule has 1 unspecified atom stereocenters. The highest BCUT2D eigenvalue weighted by molar-refractivity contribution is 5.93. The molecule has 1 rings (SSSR count). The van der Waals surface area contributed by atoms with E-state index in [-0.39, 0.29) is 43.0 Å². The third-order valence-corrected chi connectivity index (χ3v) is 5.16. The Morgan fingerprint density at radius 1 is 1.04 bits per heavy atom. The molecule has 0 radical (unpaired) electrons. The first-order chi connectivity index (χ1) is 12.3. The molecule has 0 aliphatic heterocycles. The van der Waals surface area contributed by atoms with Crippen molar-refractivity contribution in [2.75, 3.05) is 13.1 Å². The zero-order valence-corrected chi connectivity index (χ0v) is 15.9. The summed E-state index contributed by atoms with van der Waals surface area (Å²) in [5.74, 6) is -1.33. The van der Waals surface area contributed by atoms with E-state index >= 15 is 0 Å². The Morgan fingerprint density at radius 2 is 1.65 bits per heavy atom. The summed E-state index contributed by atoms with van der Waals surface area (Å²) in [7, 11) is 0. The minimum atomic E-state index is -1.15. The van der Waals surface area contributed by atoms with E-state index in [4.69, 9.17) is 11.5 Å². The van der Waals surface area contributed by atoms with Crippen LogP contribution in [0.15, 0.2) is 0 Å². The predicted octanol–water partition coefficient (Wildman–Crippen LogP) is -0.570. The van der Waals surface area contributed by atoms with E-state index in [1.54, 1.807) is 6.92 Å². The fraction of sp³-hybridized carbons (Fsp3) is 0.833. The highest BCUT2D eigenvalue weighted by Crippen LogP contribution is 2.29. The second-order valence-electron chi connectivity index (χ2n) is 7.08. The van der Waals surface area contributed by atoms with E-state index in [1.165, 1.54) is 13.3 Å². The Kier molecular flexibility index (Phi) is 9.75. The van der Waals surface area contributed by atoms with Crippen molar-refractivity contribution in [2.24, 2.45) is 23.3 Å². The lowest BCUT2D eigenvalue weighted by atomic mass is 9.79. The average molecular weight is 370 g/mol. The maximum Gasteiger partial charge on any atom is 0.245 e. The molecular formula is C18H34N4O4. The lowest BCUT2D eigenvalue weighted by Crippen LogP contribution is -2.58. The van der Waals surface area contributed by atoms with Gasteiger partial charge >= 0.3 is 0 Å². The topological polar surface area (TPSA) is 148 Å². The van der Waals surface area contributed by atoms with Gasteiger partial charge in [-0.3, -0.25) is 14.4 Å². The molecule has 1 aliphatic rings. The van der Waals surface area contributed by atoms with E-state index in [2.05, 4.69) is 10.6 Å². The number of aliphatic hydroxyl groups is 1. The second-order valence-corrected chi connectivity index (χ2v) is 7.08. The first kappa shape index (κ1) is 22.5. The summed E-state index contributed by atoms with van der Waals surface area (Å²) in [5, 5.41) is 15.1.